The second-order valence-corrected chi connectivity index (χ2v) is 7.67. The highest BCUT2D eigenvalue weighted by Gasteiger charge is 2.38. The number of carbonyl (C=O) groups excluding carboxylic acids is 1. The molecule has 0 unspecified atom stereocenters. The first-order valence-electron chi connectivity index (χ1n) is 9.54. The summed E-state index contributed by atoms with van der Waals surface area (Å²) in [6, 6.07) is 8.17. The maximum atomic E-state index is 12.9. The van der Waals surface area contributed by atoms with Gasteiger partial charge in [0.1, 0.15) is 0 Å². The fraction of sp³-hybridized carbons (Fsp3) is 0.650. The molecule has 0 saturated carbocycles. The molecule has 1 atom stereocenters. The van der Waals surface area contributed by atoms with Crippen LogP contribution < -0.4 is 10.2 Å². The second-order valence-electron chi connectivity index (χ2n) is 7.67. The van der Waals surface area contributed by atoms with Gasteiger partial charge in [-0.25, -0.2) is 4.79 Å². The van der Waals surface area contributed by atoms with Crippen molar-refractivity contribution in [3.8, 4) is 0 Å². The molecule has 2 amide bonds. The van der Waals surface area contributed by atoms with Crippen molar-refractivity contribution in [2.75, 3.05) is 36.5 Å². The fourth-order valence-electron chi connectivity index (χ4n) is 3.73. The molecule has 1 aromatic carbocycles. The van der Waals surface area contributed by atoms with E-state index in [-0.39, 0.29) is 17.7 Å². The molecule has 0 aliphatic carbocycles. The highest BCUT2D eigenvalue weighted by molar-refractivity contribution is 5.93. The molecule has 1 aromatic rings. The number of nitrogens with one attached hydrogen (secondary N) is 1. The Morgan fingerprint density at radius 3 is 2.52 bits per heavy atom. The van der Waals surface area contributed by atoms with Gasteiger partial charge < -0.3 is 19.9 Å². The minimum atomic E-state index is -0.320. The van der Waals surface area contributed by atoms with Crippen LogP contribution in [0.1, 0.15) is 46.5 Å². The van der Waals surface area contributed by atoms with Gasteiger partial charge in [0.25, 0.3) is 0 Å². The molecule has 5 heteroatoms. The van der Waals surface area contributed by atoms with Gasteiger partial charge in [-0.1, -0.05) is 25.0 Å². The Kier molecular flexibility index (Phi) is 5.52. The topological polar surface area (TPSA) is 44.8 Å². The van der Waals surface area contributed by atoms with Crippen LogP contribution in [0.15, 0.2) is 24.3 Å². The first-order chi connectivity index (χ1) is 12.0. The van der Waals surface area contributed by atoms with Crippen LogP contribution in [0.25, 0.3) is 0 Å². The molecule has 2 aliphatic heterocycles. The molecule has 0 aromatic heterocycles. The molecule has 2 saturated heterocycles. The van der Waals surface area contributed by atoms with Crippen LogP contribution in [0, 0.1) is 0 Å². The molecule has 0 spiro atoms. The quantitative estimate of drug-likeness (QED) is 0.878. The summed E-state index contributed by atoms with van der Waals surface area (Å²) < 4.78 is 5.81. The van der Waals surface area contributed by atoms with Crippen molar-refractivity contribution < 1.29 is 9.53 Å². The Hall–Kier alpha value is -1.75. The molecule has 0 bridgehead atoms. The Balaban J connectivity index is 1.75. The van der Waals surface area contributed by atoms with Crippen LogP contribution in [0.5, 0.6) is 0 Å². The number of ether oxygens (including phenoxy) is 1. The van der Waals surface area contributed by atoms with E-state index in [0.717, 1.165) is 24.5 Å². The van der Waals surface area contributed by atoms with E-state index in [4.69, 9.17) is 4.74 Å². The summed E-state index contributed by atoms with van der Waals surface area (Å²) in [5.74, 6) is 0. The molecule has 0 radical (unpaired) electrons. The zero-order valence-corrected chi connectivity index (χ0v) is 15.8. The number of nitrogens with zero attached hydrogens (tertiary/aromatic N) is 2. The van der Waals surface area contributed by atoms with E-state index >= 15 is 0 Å². The smallest absolute Gasteiger partial charge is 0.322 e. The molecule has 25 heavy (non-hydrogen) atoms. The predicted octanol–water partition coefficient (Wildman–Crippen LogP) is 4.10. The minimum absolute atomic E-state index is 0.0339. The molecule has 2 aliphatic rings. The monoisotopic (exact) mass is 345 g/mol. The molecule has 2 heterocycles. The van der Waals surface area contributed by atoms with Gasteiger partial charge in [0.05, 0.1) is 29.6 Å². The van der Waals surface area contributed by atoms with Gasteiger partial charge in [-0.2, -0.15) is 0 Å². The first-order valence-corrected chi connectivity index (χ1v) is 9.54. The second kappa shape index (κ2) is 7.65. The van der Waals surface area contributed by atoms with Crippen molar-refractivity contribution in [3.05, 3.63) is 24.3 Å². The van der Waals surface area contributed by atoms with Crippen molar-refractivity contribution in [1.82, 2.24) is 4.90 Å². The lowest BCUT2D eigenvalue weighted by atomic mass is 9.97. The lowest BCUT2D eigenvalue weighted by Gasteiger charge is -2.44. The van der Waals surface area contributed by atoms with Gasteiger partial charge in [-0.05, 0) is 45.7 Å². The zero-order valence-electron chi connectivity index (χ0n) is 15.8. The van der Waals surface area contributed by atoms with Gasteiger partial charge in [0.15, 0.2) is 0 Å². The van der Waals surface area contributed by atoms with Crippen LogP contribution in [-0.4, -0.2) is 48.8 Å². The van der Waals surface area contributed by atoms with Gasteiger partial charge in [0, 0.05) is 19.6 Å². The van der Waals surface area contributed by atoms with Crippen molar-refractivity contribution in [2.45, 2.75) is 58.1 Å². The van der Waals surface area contributed by atoms with Gasteiger partial charge in [-0.15, -0.1) is 0 Å². The molecule has 3 rings (SSSR count). The minimum Gasteiger partial charge on any atom is -0.372 e. The van der Waals surface area contributed by atoms with Gasteiger partial charge in [0.2, 0.25) is 0 Å². The van der Waals surface area contributed by atoms with Crippen LogP contribution in [0.3, 0.4) is 0 Å². The lowest BCUT2D eigenvalue weighted by Crippen LogP contribution is -2.58. The Morgan fingerprint density at radius 2 is 1.80 bits per heavy atom. The van der Waals surface area contributed by atoms with Crippen molar-refractivity contribution in [1.29, 1.82) is 0 Å². The summed E-state index contributed by atoms with van der Waals surface area (Å²) in [6.45, 7) is 9.48. The van der Waals surface area contributed by atoms with Crippen LogP contribution in [0.2, 0.25) is 0 Å². The highest BCUT2D eigenvalue weighted by atomic mass is 16.5. The number of benzene rings is 1. The normalized spacial score (nSPS) is 23.9. The summed E-state index contributed by atoms with van der Waals surface area (Å²) in [4.78, 5) is 17.2. The number of morpholine rings is 1. The third-order valence-electron chi connectivity index (χ3n) is 5.63. The van der Waals surface area contributed by atoms with Crippen LogP contribution in [-0.2, 0) is 4.74 Å². The Labute approximate surface area is 151 Å². The van der Waals surface area contributed by atoms with Gasteiger partial charge in [-0.3, -0.25) is 0 Å². The van der Waals surface area contributed by atoms with Crippen molar-refractivity contribution in [2.24, 2.45) is 0 Å². The predicted molar refractivity (Wildman–Crippen MR) is 102 cm³/mol. The number of amides is 2. The zero-order chi connectivity index (χ0) is 17.9. The summed E-state index contributed by atoms with van der Waals surface area (Å²) >= 11 is 0. The summed E-state index contributed by atoms with van der Waals surface area (Å²) in [7, 11) is 0. The van der Waals surface area contributed by atoms with Crippen LogP contribution >= 0.6 is 0 Å². The molecule has 5 nitrogen and oxygen atoms in total. The lowest BCUT2D eigenvalue weighted by molar-refractivity contribution is -0.105. The number of para-hydroxylation sites is 2. The average Bonchev–Trinajstić information content (AvgIpc) is 2.87. The van der Waals surface area contributed by atoms with E-state index in [1.165, 1.54) is 25.7 Å². The highest BCUT2D eigenvalue weighted by Crippen LogP contribution is 2.30. The summed E-state index contributed by atoms with van der Waals surface area (Å²) in [5.41, 5.74) is 1.73. The SMILES string of the molecule is C[C@H]1N(C(=O)Nc2ccccc2N2CCCCCC2)CCOC1(C)C. The Bertz CT molecular complexity index is 594. The van der Waals surface area contributed by atoms with E-state index in [2.05, 4.69) is 29.3 Å². The maximum Gasteiger partial charge on any atom is 0.322 e. The van der Waals surface area contributed by atoms with E-state index in [0.29, 0.717) is 13.2 Å². The summed E-state index contributed by atoms with van der Waals surface area (Å²) in [5, 5.41) is 3.16. The standard InChI is InChI=1S/C20H31N3O2/c1-16-20(2,3)25-15-14-23(16)19(24)21-17-10-6-7-11-18(17)22-12-8-4-5-9-13-22/h6-7,10-11,16H,4-5,8-9,12-15H2,1-3H3,(H,21,24)/t16-/m1/s1. The number of rotatable bonds is 2. The molecule has 2 fully saturated rings. The van der Waals surface area contributed by atoms with Gasteiger partial charge >= 0.3 is 6.03 Å². The largest absolute Gasteiger partial charge is 0.372 e. The first kappa shape index (κ1) is 18.1. The van der Waals surface area contributed by atoms with E-state index in [9.17, 15) is 4.79 Å². The molecular weight excluding hydrogens is 314 g/mol. The number of urea groups is 1. The average molecular weight is 345 g/mol. The number of hydrogen-bond donors (Lipinski definition) is 1. The number of hydrogen-bond acceptors (Lipinski definition) is 3. The van der Waals surface area contributed by atoms with E-state index < -0.39 is 0 Å². The van der Waals surface area contributed by atoms with Crippen LogP contribution in [0.4, 0.5) is 16.2 Å². The third-order valence-corrected chi connectivity index (χ3v) is 5.63. The maximum absolute atomic E-state index is 12.9. The molecular formula is C20H31N3O2. The fourth-order valence-corrected chi connectivity index (χ4v) is 3.73. The summed E-state index contributed by atoms with van der Waals surface area (Å²) in [6.07, 6.45) is 5.03. The van der Waals surface area contributed by atoms with E-state index in [1.54, 1.807) is 0 Å². The number of carbonyl (C=O) groups is 1. The van der Waals surface area contributed by atoms with Crippen molar-refractivity contribution >= 4 is 17.4 Å². The van der Waals surface area contributed by atoms with E-state index in [1.807, 2.05) is 30.9 Å². The number of anilines is 2. The Morgan fingerprint density at radius 1 is 1.12 bits per heavy atom. The third kappa shape index (κ3) is 4.09. The molecule has 1 N–H and O–H groups in total. The molecule has 138 valence electrons. The van der Waals surface area contributed by atoms with Crippen molar-refractivity contribution in [3.63, 3.8) is 0 Å².